The summed E-state index contributed by atoms with van der Waals surface area (Å²) < 4.78 is 0. The number of nitrogens with zero attached hydrogens (tertiary/aromatic N) is 3. The average Bonchev–Trinajstić information content (AvgIpc) is 3.29. The van der Waals surface area contributed by atoms with E-state index < -0.39 is 0 Å². The van der Waals surface area contributed by atoms with E-state index in [0.717, 1.165) is 63.2 Å². The molecular weight excluding hydrogens is 360 g/mol. The van der Waals surface area contributed by atoms with Crippen molar-refractivity contribution in [2.45, 2.75) is 32.1 Å². The zero-order chi connectivity index (χ0) is 20.1. The van der Waals surface area contributed by atoms with Crippen LogP contribution in [0, 0.1) is 5.92 Å². The van der Waals surface area contributed by atoms with Crippen LogP contribution in [-0.2, 0) is 11.2 Å². The molecule has 0 spiro atoms. The van der Waals surface area contributed by atoms with Gasteiger partial charge in [-0.25, -0.2) is 4.98 Å². The van der Waals surface area contributed by atoms with E-state index >= 15 is 0 Å². The average molecular weight is 393 g/mol. The third-order valence-corrected chi connectivity index (χ3v) is 6.39. The summed E-state index contributed by atoms with van der Waals surface area (Å²) in [6.07, 6.45) is 5.75. The van der Waals surface area contributed by atoms with E-state index in [1.54, 1.807) is 0 Å². The molecule has 154 valence electrons. The predicted octanol–water partition coefficient (Wildman–Crippen LogP) is 3.25. The van der Waals surface area contributed by atoms with Crippen molar-refractivity contribution in [3.63, 3.8) is 0 Å². The van der Waals surface area contributed by atoms with E-state index in [4.69, 9.17) is 5.73 Å². The zero-order valence-corrected chi connectivity index (χ0v) is 17.2. The fraction of sp³-hybridized carbons (Fsp3) is 0.500. The Morgan fingerprint density at radius 1 is 0.966 bits per heavy atom. The summed E-state index contributed by atoms with van der Waals surface area (Å²) in [7, 11) is 0. The standard InChI is InChI=1S/C24H32N4O/c25-24-7-3-6-22(26-24)20-10-8-19(9-11-20)12-13-27-14-16-28(17-15-27)18-23(29)21-4-1-2-5-21/h3,6-11,21H,1-2,4-5,12-18H2,(H2,25,26). The Morgan fingerprint density at radius 3 is 2.34 bits per heavy atom. The van der Waals surface area contributed by atoms with Crippen molar-refractivity contribution in [2.24, 2.45) is 5.92 Å². The lowest BCUT2D eigenvalue weighted by Crippen LogP contribution is -2.48. The van der Waals surface area contributed by atoms with Crippen molar-refractivity contribution in [1.29, 1.82) is 0 Å². The van der Waals surface area contributed by atoms with Crippen molar-refractivity contribution in [3.05, 3.63) is 48.0 Å². The van der Waals surface area contributed by atoms with E-state index in [1.165, 1.54) is 18.4 Å². The fourth-order valence-corrected chi connectivity index (χ4v) is 4.51. The van der Waals surface area contributed by atoms with Crippen LogP contribution in [-0.4, -0.2) is 59.8 Å². The number of benzene rings is 1. The summed E-state index contributed by atoms with van der Waals surface area (Å²) >= 11 is 0. The van der Waals surface area contributed by atoms with Gasteiger partial charge in [0.1, 0.15) is 11.6 Å². The molecule has 1 saturated heterocycles. The molecule has 29 heavy (non-hydrogen) atoms. The van der Waals surface area contributed by atoms with E-state index in [9.17, 15) is 4.79 Å². The summed E-state index contributed by atoms with van der Waals surface area (Å²) in [6.45, 7) is 5.88. The molecule has 2 aliphatic rings. The van der Waals surface area contributed by atoms with E-state index in [0.29, 0.717) is 24.1 Å². The van der Waals surface area contributed by atoms with Crippen molar-refractivity contribution in [1.82, 2.24) is 14.8 Å². The summed E-state index contributed by atoms with van der Waals surface area (Å²) in [6, 6.07) is 14.4. The number of hydrogen-bond donors (Lipinski definition) is 1. The highest BCUT2D eigenvalue weighted by molar-refractivity contribution is 5.83. The van der Waals surface area contributed by atoms with Crippen LogP contribution in [0.25, 0.3) is 11.3 Å². The van der Waals surface area contributed by atoms with E-state index in [-0.39, 0.29) is 0 Å². The molecule has 0 unspecified atom stereocenters. The molecule has 2 aromatic rings. The normalized spacial score (nSPS) is 18.9. The molecule has 1 aromatic heterocycles. The first-order chi connectivity index (χ1) is 14.2. The Hall–Kier alpha value is -2.24. The number of nitrogens with two attached hydrogens (primary N) is 1. The number of aromatic nitrogens is 1. The number of Topliss-reactive ketones (excluding diaryl/α,β-unsaturated/α-hetero) is 1. The molecule has 1 aromatic carbocycles. The molecular formula is C24H32N4O. The number of carbonyl (C=O) groups excluding carboxylic acids is 1. The van der Waals surface area contributed by atoms with Gasteiger partial charge in [-0.15, -0.1) is 0 Å². The lowest BCUT2D eigenvalue weighted by molar-refractivity contribution is -0.124. The van der Waals surface area contributed by atoms with Crippen LogP contribution in [0.2, 0.25) is 0 Å². The summed E-state index contributed by atoms with van der Waals surface area (Å²) in [4.78, 5) is 21.6. The van der Waals surface area contributed by atoms with Crippen LogP contribution in [0.3, 0.4) is 0 Å². The summed E-state index contributed by atoms with van der Waals surface area (Å²) in [5.74, 6) is 1.37. The first-order valence-electron chi connectivity index (χ1n) is 11.0. The minimum absolute atomic E-state index is 0.346. The molecule has 0 amide bonds. The molecule has 1 aliphatic carbocycles. The number of ketones is 1. The highest BCUT2D eigenvalue weighted by atomic mass is 16.1. The largest absolute Gasteiger partial charge is 0.384 e. The summed E-state index contributed by atoms with van der Waals surface area (Å²) in [5, 5.41) is 0. The van der Waals surface area contributed by atoms with Crippen molar-refractivity contribution in [2.75, 3.05) is 45.0 Å². The van der Waals surface area contributed by atoms with Gasteiger partial charge in [-0.05, 0) is 37.0 Å². The highest BCUT2D eigenvalue weighted by Crippen LogP contribution is 2.25. The molecule has 2 fully saturated rings. The number of rotatable bonds is 7. The number of pyridine rings is 1. The lowest BCUT2D eigenvalue weighted by Gasteiger charge is -2.34. The Bertz CT molecular complexity index is 806. The quantitative estimate of drug-likeness (QED) is 0.784. The molecule has 2 N–H and O–H groups in total. The Balaban J connectivity index is 1.21. The molecule has 0 radical (unpaired) electrons. The van der Waals surface area contributed by atoms with Gasteiger partial charge >= 0.3 is 0 Å². The van der Waals surface area contributed by atoms with Gasteiger partial charge in [-0.2, -0.15) is 0 Å². The second-order valence-electron chi connectivity index (χ2n) is 8.46. The number of nitrogen functional groups attached to an aromatic ring is 1. The molecule has 0 bridgehead atoms. The van der Waals surface area contributed by atoms with Crippen LogP contribution in [0.4, 0.5) is 5.82 Å². The van der Waals surface area contributed by atoms with Gasteiger partial charge in [0.15, 0.2) is 0 Å². The van der Waals surface area contributed by atoms with Crippen LogP contribution < -0.4 is 5.73 Å². The fourth-order valence-electron chi connectivity index (χ4n) is 4.51. The van der Waals surface area contributed by atoms with E-state index in [1.807, 2.05) is 18.2 Å². The minimum atomic E-state index is 0.346. The SMILES string of the molecule is Nc1cccc(-c2ccc(CCN3CCN(CC(=O)C4CCCC4)CC3)cc2)n1. The van der Waals surface area contributed by atoms with Crippen molar-refractivity contribution >= 4 is 11.6 Å². The molecule has 5 nitrogen and oxygen atoms in total. The monoisotopic (exact) mass is 392 g/mol. The third-order valence-electron chi connectivity index (χ3n) is 6.39. The first-order valence-corrected chi connectivity index (χ1v) is 11.0. The van der Waals surface area contributed by atoms with Gasteiger partial charge in [-0.1, -0.05) is 43.2 Å². The number of hydrogen-bond acceptors (Lipinski definition) is 5. The molecule has 1 saturated carbocycles. The number of piperazine rings is 1. The third kappa shape index (κ3) is 5.43. The van der Waals surface area contributed by atoms with Gasteiger partial charge in [0.25, 0.3) is 0 Å². The lowest BCUT2D eigenvalue weighted by atomic mass is 10.0. The zero-order valence-electron chi connectivity index (χ0n) is 17.2. The van der Waals surface area contributed by atoms with Crippen LogP contribution in [0.1, 0.15) is 31.2 Å². The maximum atomic E-state index is 12.4. The maximum absolute atomic E-state index is 12.4. The smallest absolute Gasteiger partial charge is 0.149 e. The van der Waals surface area contributed by atoms with Crippen LogP contribution in [0.15, 0.2) is 42.5 Å². The van der Waals surface area contributed by atoms with Gasteiger partial charge in [0, 0.05) is 44.2 Å². The molecule has 1 aliphatic heterocycles. The Kier molecular flexibility index (Phi) is 6.57. The van der Waals surface area contributed by atoms with Gasteiger partial charge in [0.05, 0.1) is 12.2 Å². The minimum Gasteiger partial charge on any atom is -0.384 e. The first kappa shape index (κ1) is 20.0. The molecule has 4 rings (SSSR count). The van der Waals surface area contributed by atoms with Crippen LogP contribution >= 0.6 is 0 Å². The Labute approximate surface area is 173 Å². The Morgan fingerprint density at radius 2 is 1.66 bits per heavy atom. The van der Waals surface area contributed by atoms with Crippen LogP contribution in [0.5, 0.6) is 0 Å². The predicted molar refractivity (Wildman–Crippen MR) is 118 cm³/mol. The topological polar surface area (TPSA) is 62.5 Å². The molecule has 5 heteroatoms. The van der Waals surface area contributed by atoms with Gasteiger partial charge < -0.3 is 10.6 Å². The maximum Gasteiger partial charge on any atom is 0.149 e. The van der Waals surface area contributed by atoms with Gasteiger partial charge in [-0.3, -0.25) is 9.69 Å². The molecule has 2 heterocycles. The highest BCUT2D eigenvalue weighted by Gasteiger charge is 2.25. The second kappa shape index (κ2) is 9.51. The number of anilines is 1. The van der Waals surface area contributed by atoms with Crippen molar-refractivity contribution < 1.29 is 4.79 Å². The number of carbonyl (C=O) groups is 1. The molecule has 0 atom stereocenters. The second-order valence-corrected chi connectivity index (χ2v) is 8.46. The van der Waals surface area contributed by atoms with Crippen molar-refractivity contribution in [3.8, 4) is 11.3 Å². The summed E-state index contributed by atoms with van der Waals surface area (Å²) in [5.41, 5.74) is 9.14. The van der Waals surface area contributed by atoms with E-state index in [2.05, 4.69) is 39.0 Å². The van der Waals surface area contributed by atoms with Gasteiger partial charge in [0.2, 0.25) is 0 Å².